The molecule has 20 heavy (non-hydrogen) atoms. The van der Waals surface area contributed by atoms with Crippen LogP contribution < -0.4 is 5.32 Å². The number of carboxylic acid groups (broad SMARTS) is 1. The molecule has 1 aliphatic heterocycles. The number of aromatic hydroxyl groups is 1. The normalized spacial score (nSPS) is 25.4. The molecule has 0 radical (unpaired) electrons. The number of benzene rings is 1. The van der Waals surface area contributed by atoms with Crippen LogP contribution in [0.5, 0.6) is 5.75 Å². The first-order chi connectivity index (χ1) is 9.58. The van der Waals surface area contributed by atoms with Gasteiger partial charge in [0, 0.05) is 18.2 Å². The summed E-state index contributed by atoms with van der Waals surface area (Å²) in [6.07, 6.45) is 5.06. The average Bonchev–Trinajstić information content (AvgIpc) is 2.88. The highest BCUT2D eigenvalue weighted by molar-refractivity contribution is 5.71. The van der Waals surface area contributed by atoms with E-state index < -0.39 is 5.97 Å². The molecule has 108 valence electrons. The number of carbonyl (C=O) groups is 1. The third-order valence-electron chi connectivity index (χ3n) is 4.78. The fourth-order valence-corrected chi connectivity index (χ4v) is 3.70. The Morgan fingerprint density at radius 2 is 2.10 bits per heavy atom. The van der Waals surface area contributed by atoms with Gasteiger partial charge < -0.3 is 15.5 Å². The van der Waals surface area contributed by atoms with Crippen molar-refractivity contribution in [2.75, 3.05) is 6.54 Å². The molecular formula is C16H21NO3. The van der Waals surface area contributed by atoms with Crippen molar-refractivity contribution >= 4 is 5.97 Å². The largest absolute Gasteiger partial charge is 0.508 e. The van der Waals surface area contributed by atoms with Crippen molar-refractivity contribution in [3.05, 3.63) is 28.3 Å². The minimum Gasteiger partial charge on any atom is -0.508 e. The lowest BCUT2D eigenvalue weighted by Crippen LogP contribution is -2.18. The van der Waals surface area contributed by atoms with Gasteiger partial charge in [0.05, 0.1) is 5.92 Å². The summed E-state index contributed by atoms with van der Waals surface area (Å²) in [5, 5.41) is 22.7. The van der Waals surface area contributed by atoms with Gasteiger partial charge in [-0.25, -0.2) is 0 Å². The molecule has 3 N–H and O–H groups in total. The van der Waals surface area contributed by atoms with Crippen molar-refractivity contribution in [2.45, 2.75) is 45.1 Å². The Hall–Kier alpha value is -1.55. The van der Waals surface area contributed by atoms with Gasteiger partial charge in [0.15, 0.2) is 0 Å². The van der Waals surface area contributed by atoms with E-state index in [4.69, 9.17) is 5.11 Å². The highest BCUT2D eigenvalue weighted by Gasteiger charge is 2.33. The molecule has 2 unspecified atom stereocenters. The quantitative estimate of drug-likeness (QED) is 0.774. The van der Waals surface area contributed by atoms with E-state index in [-0.39, 0.29) is 12.0 Å². The zero-order valence-electron chi connectivity index (χ0n) is 11.8. The molecule has 1 aromatic carbocycles. The average molecular weight is 275 g/mol. The number of nitrogens with one attached hydrogen (secondary N) is 1. The van der Waals surface area contributed by atoms with Crippen LogP contribution in [0.25, 0.3) is 0 Å². The molecular weight excluding hydrogens is 254 g/mol. The van der Waals surface area contributed by atoms with E-state index >= 15 is 0 Å². The van der Waals surface area contributed by atoms with Crippen molar-refractivity contribution < 1.29 is 15.0 Å². The van der Waals surface area contributed by atoms with E-state index in [0.717, 1.165) is 24.0 Å². The molecule has 0 bridgehead atoms. The first kappa shape index (κ1) is 13.4. The topological polar surface area (TPSA) is 69.6 Å². The molecule has 3 rings (SSSR count). The molecule has 2 aliphatic rings. The Labute approximate surface area is 118 Å². The molecule has 1 aliphatic carbocycles. The van der Waals surface area contributed by atoms with Crippen LogP contribution in [0.2, 0.25) is 0 Å². The van der Waals surface area contributed by atoms with Crippen LogP contribution in [0.1, 0.15) is 47.6 Å². The van der Waals surface area contributed by atoms with Gasteiger partial charge in [-0.05, 0) is 61.8 Å². The van der Waals surface area contributed by atoms with Crippen LogP contribution in [0, 0.1) is 12.8 Å². The van der Waals surface area contributed by atoms with Gasteiger partial charge in [-0.15, -0.1) is 0 Å². The van der Waals surface area contributed by atoms with Crippen LogP contribution in [-0.2, 0) is 17.6 Å². The summed E-state index contributed by atoms with van der Waals surface area (Å²) in [4.78, 5) is 11.1. The predicted molar refractivity (Wildman–Crippen MR) is 76.0 cm³/mol. The molecule has 1 fully saturated rings. The zero-order valence-corrected chi connectivity index (χ0v) is 11.8. The monoisotopic (exact) mass is 275 g/mol. The van der Waals surface area contributed by atoms with E-state index in [0.29, 0.717) is 18.7 Å². The lowest BCUT2D eigenvalue weighted by atomic mass is 9.83. The van der Waals surface area contributed by atoms with Gasteiger partial charge in [-0.3, -0.25) is 4.79 Å². The first-order valence-electron chi connectivity index (χ1n) is 7.38. The van der Waals surface area contributed by atoms with E-state index in [2.05, 4.69) is 12.2 Å². The number of phenolic OH excluding ortho intramolecular Hbond substituents is 1. The Morgan fingerprint density at radius 3 is 2.80 bits per heavy atom. The lowest BCUT2D eigenvalue weighted by Gasteiger charge is -2.24. The van der Waals surface area contributed by atoms with Gasteiger partial charge in [-0.2, -0.15) is 0 Å². The fourth-order valence-electron chi connectivity index (χ4n) is 3.70. The number of fused-ring (bicyclic) bond motifs is 1. The minimum atomic E-state index is -0.755. The molecule has 0 amide bonds. The molecule has 0 saturated carbocycles. The van der Waals surface area contributed by atoms with Crippen LogP contribution in [-0.4, -0.2) is 22.7 Å². The Bertz CT molecular complexity index is 553. The maximum atomic E-state index is 11.1. The Balaban J connectivity index is 1.96. The van der Waals surface area contributed by atoms with Gasteiger partial charge in [-0.1, -0.05) is 0 Å². The summed E-state index contributed by atoms with van der Waals surface area (Å²) in [5.41, 5.74) is 4.70. The maximum Gasteiger partial charge on any atom is 0.307 e. The van der Waals surface area contributed by atoms with E-state index in [1.54, 1.807) is 0 Å². The summed E-state index contributed by atoms with van der Waals surface area (Å²) in [7, 11) is 0. The predicted octanol–water partition coefficient (Wildman–Crippen LogP) is 2.31. The molecule has 4 heteroatoms. The van der Waals surface area contributed by atoms with Gasteiger partial charge in [0.1, 0.15) is 5.75 Å². The molecule has 1 saturated heterocycles. The fraction of sp³-hybridized carbons (Fsp3) is 0.562. The SMILES string of the molecule is Cc1c2c(cc(O)c1C1CC(C(=O)O)CN1)CCCC2. The number of rotatable bonds is 2. The first-order valence-corrected chi connectivity index (χ1v) is 7.38. The summed E-state index contributed by atoms with van der Waals surface area (Å²) in [6.45, 7) is 2.55. The zero-order chi connectivity index (χ0) is 14.3. The lowest BCUT2D eigenvalue weighted by molar-refractivity contribution is -0.141. The molecule has 0 aromatic heterocycles. The van der Waals surface area contributed by atoms with Gasteiger partial charge >= 0.3 is 5.97 Å². The third-order valence-corrected chi connectivity index (χ3v) is 4.78. The molecule has 2 atom stereocenters. The number of hydrogen-bond donors (Lipinski definition) is 3. The van der Waals surface area contributed by atoms with Crippen molar-refractivity contribution in [2.24, 2.45) is 5.92 Å². The van der Waals surface area contributed by atoms with Gasteiger partial charge in [0.2, 0.25) is 0 Å². The van der Waals surface area contributed by atoms with E-state index in [1.807, 2.05) is 6.07 Å². The highest BCUT2D eigenvalue weighted by Crippen LogP contribution is 2.39. The van der Waals surface area contributed by atoms with Gasteiger partial charge in [0.25, 0.3) is 0 Å². The number of carboxylic acids is 1. The summed E-state index contributed by atoms with van der Waals surface area (Å²) in [6, 6.07) is 1.86. The Morgan fingerprint density at radius 1 is 1.35 bits per heavy atom. The van der Waals surface area contributed by atoms with Crippen molar-refractivity contribution in [1.29, 1.82) is 0 Å². The van der Waals surface area contributed by atoms with Crippen molar-refractivity contribution in [1.82, 2.24) is 5.32 Å². The number of phenols is 1. The Kier molecular flexibility index (Phi) is 3.42. The second kappa shape index (κ2) is 5.09. The van der Waals surface area contributed by atoms with Crippen LogP contribution in [0.3, 0.4) is 0 Å². The maximum absolute atomic E-state index is 11.1. The molecule has 0 spiro atoms. The van der Waals surface area contributed by atoms with Crippen LogP contribution in [0.15, 0.2) is 6.07 Å². The second-order valence-electron chi connectivity index (χ2n) is 6.01. The van der Waals surface area contributed by atoms with Crippen molar-refractivity contribution in [3.63, 3.8) is 0 Å². The molecule has 1 aromatic rings. The second-order valence-corrected chi connectivity index (χ2v) is 6.01. The number of aliphatic carboxylic acids is 1. The number of hydrogen-bond acceptors (Lipinski definition) is 3. The van der Waals surface area contributed by atoms with Crippen LogP contribution >= 0.6 is 0 Å². The third kappa shape index (κ3) is 2.18. The minimum absolute atomic E-state index is 0.0386. The van der Waals surface area contributed by atoms with Crippen molar-refractivity contribution in [3.8, 4) is 5.75 Å². The molecule has 1 heterocycles. The standard InChI is InChI=1S/C16H21NO3/c1-9-12-5-3-2-4-10(12)7-14(18)15(9)13-6-11(8-17-13)16(19)20/h7,11,13,17-18H,2-6,8H2,1H3,(H,19,20). The summed E-state index contributed by atoms with van der Waals surface area (Å²) >= 11 is 0. The van der Waals surface area contributed by atoms with Crippen LogP contribution in [0.4, 0.5) is 0 Å². The smallest absolute Gasteiger partial charge is 0.307 e. The summed E-state index contributed by atoms with van der Waals surface area (Å²) in [5.74, 6) is -0.781. The highest BCUT2D eigenvalue weighted by atomic mass is 16.4. The molecule has 4 nitrogen and oxygen atoms in total. The van der Waals surface area contributed by atoms with E-state index in [1.165, 1.54) is 24.0 Å². The van der Waals surface area contributed by atoms with E-state index in [9.17, 15) is 9.90 Å². The summed E-state index contributed by atoms with van der Waals surface area (Å²) < 4.78 is 0. The number of aryl methyl sites for hydroxylation is 1.